The Balaban J connectivity index is 2.89. The summed E-state index contributed by atoms with van der Waals surface area (Å²) in [5, 5.41) is 0. The zero-order valence-corrected chi connectivity index (χ0v) is 11.3. The summed E-state index contributed by atoms with van der Waals surface area (Å²) in [5.41, 5.74) is 6.55. The van der Waals surface area contributed by atoms with Crippen LogP contribution in [-0.4, -0.2) is 11.6 Å². The Hall–Kier alpha value is -0.870. The van der Waals surface area contributed by atoms with Crippen molar-refractivity contribution in [2.24, 2.45) is 5.73 Å². The molecule has 0 radical (unpaired) electrons. The summed E-state index contributed by atoms with van der Waals surface area (Å²) in [5.74, 6) is -0.322. The number of carbonyl (C=O) groups is 1. The molecule has 0 fully saturated rings. The van der Waals surface area contributed by atoms with Gasteiger partial charge in [0.15, 0.2) is 0 Å². The van der Waals surface area contributed by atoms with Gasteiger partial charge in [0.05, 0.1) is 5.56 Å². The van der Waals surface area contributed by atoms with E-state index in [0.717, 1.165) is 10.0 Å². The van der Waals surface area contributed by atoms with E-state index in [1.807, 2.05) is 26.8 Å². The third-order valence-electron chi connectivity index (χ3n) is 1.91. The number of nitrogens with two attached hydrogens (primary N) is 1. The third-order valence-corrected chi connectivity index (χ3v) is 2.65. The van der Waals surface area contributed by atoms with Crippen molar-refractivity contribution in [3.05, 3.63) is 33.8 Å². The van der Waals surface area contributed by atoms with E-state index in [2.05, 4.69) is 15.9 Å². The molecule has 0 aromatic heterocycles. The first kappa shape index (κ1) is 13.2. The second kappa shape index (κ2) is 4.97. The standard InChI is InChI=1S/C12H16BrNO2/c1-12(2,3)16-11(15)8-4-5-9(7-14)10(13)6-8/h4-6H,7,14H2,1-3H3. The van der Waals surface area contributed by atoms with Gasteiger partial charge < -0.3 is 10.5 Å². The normalized spacial score (nSPS) is 11.3. The van der Waals surface area contributed by atoms with Gasteiger partial charge in [-0.2, -0.15) is 0 Å². The Morgan fingerprint density at radius 1 is 1.44 bits per heavy atom. The molecule has 2 N–H and O–H groups in total. The Morgan fingerprint density at radius 3 is 2.50 bits per heavy atom. The average molecular weight is 286 g/mol. The van der Waals surface area contributed by atoms with Crippen LogP contribution in [0.4, 0.5) is 0 Å². The molecular formula is C12H16BrNO2. The van der Waals surface area contributed by atoms with Gasteiger partial charge in [0.2, 0.25) is 0 Å². The molecule has 16 heavy (non-hydrogen) atoms. The van der Waals surface area contributed by atoms with Crippen LogP contribution in [0.1, 0.15) is 36.7 Å². The van der Waals surface area contributed by atoms with E-state index >= 15 is 0 Å². The molecule has 4 heteroatoms. The first-order valence-electron chi connectivity index (χ1n) is 5.05. The van der Waals surface area contributed by atoms with E-state index in [4.69, 9.17) is 10.5 Å². The molecule has 0 unspecified atom stereocenters. The highest BCUT2D eigenvalue weighted by atomic mass is 79.9. The van der Waals surface area contributed by atoms with Gasteiger partial charge in [-0.3, -0.25) is 0 Å². The lowest BCUT2D eigenvalue weighted by molar-refractivity contribution is 0.00694. The summed E-state index contributed by atoms with van der Waals surface area (Å²) in [4.78, 5) is 11.7. The minimum atomic E-state index is -0.476. The molecule has 0 spiro atoms. The molecule has 1 aromatic rings. The maximum Gasteiger partial charge on any atom is 0.338 e. The third kappa shape index (κ3) is 3.61. The number of hydrogen-bond acceptors (Lipinski definition) is 3. The van der Waals surface area contributed by atoms with Crippen LogP contribution < -0.4 is 5.73 Å². The zero-order chi connectivity index (χ0) is 12.3. The average Bonchev–Trinajstić information content (AvgIpc) is 2.15. The van der Waals surface area contributed by atoms with Crippen LogP contribution in [0.5, 0.6) is 0 Å². The molecule has 0 atom stereocenters. The van der Waals surface area contributed by atoms with Crippen molar-refractivity contribution in [3.63, 3.8) is 0 Å². The minimum absolute atomic E-state index is 0.322. The van der Waals surface area contributed by atoms with Crippen molar-refractivity contribution >= 4 is 21.9 Å². The fourth-order valence-electron chi connectivity index (χ4n) is 1.18. The Bertz CT molecular complexity index is 396. The fourth-order valence-corrected chi connectivity index (χ4v) is 1.72. The number of ether oxygens (including phenoxy) is 1. The highest BCUT2D eigenvalue weighted by molar-refractivity contribution is 9.10. The van der Waals surface area contributed by atoms with Gasteiger partial charge in [-0.05, 0) is 38.5 Å². The highest BCUT2D eigenvalue weighted by Crippen LogP contribution is 2.20. The topological polar surface area (TPSA) is 52.3 Å². The molecule has 0 aliphatic carbocycles. The van der Waals surface area contributed by atoms with Gasteiger partial charge in [0.1, 0.15) is 5.60 Å². The van der Waals surface area contributed by atoms with E-state index in [1.165, 1.54) is 0 Å². The maximum atomic E-state index is 11.7. The van der Waals surface area contributed by atoms with E-state index in [1.54, 1.807) is 12.1 Å². The van der Waals surface area contributed by atoms with Crippen LogP contribution in [0.15, 0.2) is 22.7 Å². The predicted octanol–water partition coefficient (Wildman–Crippen LogP) is 2.86. The molecule has 0 aliphatic rings. The van der Waals surface area contributed by atoms with Gasteiger partial charge >= 0.3 is 5.97 Å². The van der Waals surface area contributed by atoms with Crippen LogP contribution in [0, 0.1) is 0 Å². The van der Waals surface area contributed by atoms with Gasteiger partial charge in [-0.1, -0.05) is 22.0 Å². The van der Waals surface area contributed by atoms with Crippen molar-refractivity contribution in [2.75, 3.05) is 0 Å². The molecule has 0 saturated heterocycles. The summed E-state index contributed by atoms with van der Waals surface area (Å²) in [7, 11) is 0. The second-order valence-corrected chi connectivity index (χ2v) is 5.37. The lowest BCUT2D eigenvalue weighted by atomic mass is 10.1. The quantitative estimate of drug-likeness (QED) is 0.850. The van der Waals surface area contributed by atoms with Gasteiger partial charge in [0, 0.05) is 11.0 Å². The van der Waals surface area contributed by atoms with Gasteiger partial charge in [0.25, 0.3) is 0 Å². The van der Waals surface area contributed by atoms with E-state index in [0.29, 0.717) is 12.1 Å². The van der Waals surface area contributed by atoms with E-state index < -0.39 is 5.60 Å². The van der Waals surface area contributed by atoms with E-state index in [9.17, 15) is 4.79 Å². The van der Waals surface area contributed by atoms with Crippen molar-refractivity contribution in [1.29, 1.82) is 0 Å². The summed E-state index contributed by atoms with van der Waals surface area (Å²) < 4.78 is 6.09. The Morgan fingerprint density at radius 2 is 2.06 bits per heavy atom. The zero-order valence-electron chi connectivity index (χ0n) is 9.71. The first-order chi connectivity index (χ1) is 7.33. The molecular weight excluding hydrogens is 270 g/mol. The summed E-state index contributed by atoms with van der Waals surface area (Å²) >= 11 is 3.37. The van der Waals surface area contributed by atoms with Gasteiger partial charge in [-0.15, -0.1) is 0 Å². The van der Waals surface area contributed by atoms with Crippen LogP contribution in [0.2, 0.25) is 0 Å². The minimum Gasteiger partial charge on any atom is -0.456 e. The SMILES string of the molecule is CC(C)(C)OC(=O)c1ccc(CN)c(Br)c1. The highest BCUT2D eigenvalue weighted by Gasteiger charge is 2.18. The summed E-state index contributed by atoms with van der Waals surface area (Å²) in [6, 6.07) is 5.28. The predicted molar refractivity (Wildman–Crippen MR) is 67.2 cm³/mol. The maximum absolute atomic E-state index is 11.7. The molecule has 1 rings (SSSR count). The molecule has 3 nitrogen and oxygen atoms in total. The summed E-state index contributed by atoms with van der Waals surface area (Å²) in [6.07, 6.45) is 0. The second-order valence-electron chi connectivity index (χ2n) is 4.51. The molecule has 0 amide bonds. The number of halogens is 1. The number of carbonyl (C=O) groups excluding carboxylic acids is 1. The fraction of sp³-hybridized carbons (Fsp3) is 0.417. The Kier molecular flexibility index (Phi) is 4.10. The lowest BCUT2D eigenvalue weighted by Gasteiger charge is -2.19. The number of esters is 1. The monoisotopic (exact) mass is 285 g/mol. The number of benzene rings is 1. The largest absolute Gasteiger partial charge is 0.456 e. The van der Waals surface area contributed by atoms with Crippen LogP contribution in [0.25, 0.3) is 0 Å². The number of hydrogen-bond donors (Lipinski definition) is 1. The van der Waals surface area contributed by atoms with Crippen molar-refractivity contribution in [2.45, 2.75) is 32.9 Å². The molecule has 88 valence electrons. The van der Waals surface area contributed by atoms with Crippen molar-refractivity contribution in [3.8, 4) is 0 Å². The van der Waals surface area contributed by atoms with Crippen molar-refractivity contribution in [1.82, 2.24) is 0 Å². The molecule has 0 heterocycles. The van der Waals surface area contributed by atoms with E-state index in [-0.39, 0.29) is 5.97 Å². The molecule has 0 bridgehead atoms. The lowest BCUT2D eigenvalue weighted by Crippen LogP contribution is -2.23. The molecule has 0 saturated carbocycles. The smallest absolute Gasteiger partial charge is 0.338 e. The van der Waals surface area contributed by atoms with Crippen LogP contribution in [-0.2, 0) is 11.3 Å². The molecule has 1 aromatic carbocycles. The summed E-state index contributed by atoms with van der Waals surface area (Å²) in [6.45, 7) is 5.96. The van der Waals surface area contributed by atoms with Crippen molar-refractivity contribution < 1.29 is 9.53 Å². The van der Waals surface area contributed by atoms with Crippen LogP contribution in [0.3, 0.4) is 0 Å². The Labute approximate surface area is 104 Å². The number of rotatable bonds is 2. The molecule has 0 aliphatic heterocycles. The first-order valence-corrected chi connectivity index (χ1v) is 5.84. The van der Waals surface area contributed by atoms with Gasteiger partial charge in [-0.25, -0.2) is 4.79 Å². The van der Waals surface area contributed by atoms with Crippen LogP contribution >= 0.6 is 15.9 Å².